The van der Waals surface area contributed by atoms with Crippen LogP contribution in [0.2, 0.25) is 5.02 Å². The molecule has 1 aliphatic carbocycles. The van der Waals surface area contributed by atoms with Gasteiger partial charge in [-0.3, -0.25) is 0 Å². The fourth-order valence-electron chi connectivity index (χ4n) is 3.43. The largest absolute Gasteiger partial charge is 0.325 e. The van der Waals surface area contributed by atoms with Gasteiger partial charge in [0, 0.05) is 23.4 Å². The van der Waals surface area contributed by atoms with Gasteiger partial charge < -0.3 is 4.57 Å². The van der Waals surface area contributed by atoms with E-state index in [2.05, 4.69) is 18.4 Å². The fraction of sp³-hybridized carbons (Fsp3) is 0.588. The molecule has 1 aromatic heterocycles. The molecule has 0 bridgehead atoms. The van der Waals surface area contributed by atoms with Crippen LogP contribution in [0.15, 0.2) is 18.2 Å². The smallest absolute Gasteiger partial charge is 0.111 e. The normalized spacial score (nSPS) is 19.2. The highest BCUT2D eigenvalue weighted by atomic mass is 35.5. The molecule has 2 aromatic rings. The van der Waals surface area contributed by atoms with E-state index >= 15 is 0 Å². The van der Waals surface area contributed by atoms with Gasteiger partial charge in [-0.15, -0.1) is 11.6 Å². The lowest BCUT2D eigenvalue weighted by molar-refractivity contribution is 0.194. The standard InChI is InChI=1S/C17H22Cl2N2/c1-17(2)8-5-13(6-9-17)21-15-11-12(19)3-4-14(15)20-16(21)7-10-18/h3-4,11,13H,5-10H2,1-2H3. The van der Waals surface area contributed by atoms with Crippen LogP contribution in [0.3, 0.4) is 0 Å². The summed E-state index contributed by atoms with van der Waals surface area (Å²) in [6.07, 6.45) is 5.75. The molecule has 0 amide bonds. The first-order valence-electron chi connectivity index (χ1n) is 7.72. The maximum atomic E-state index is 6.19. The van der Waals surface area contributed by atoms with E-state index in [0.29, 0.717) is 17.3 Å². The van der Waals surface area contributed by atoms with E-state index in [1.54, 1.807) is 0 Å². The first-order valence-corrected chi connectivity index (χ1v) is 8.64. The minimum Gasteiger partial charge on any atom is -0.325 e. The van der Waals surface area contributed by atoms with E-state index in [4.69, 9.17) is 28.2 Å². The first kappa shape index (κ1) is 15.2. The maximum Gasteiger partial charge on any atom is 0.111 e. The summed E-state index contributed by atoms with van der Waals surface area (Å²) in [5, 5.41) is 0.775. The summed E-state index contributed by atoms with van der Waals surface area (Å²) in [5.41, 5.74) is 2.66. The lowest BCUT2D eigenvalue weighted by Crippen LogP contribution is -2.24. The van der Waals surface area contributed by atoms with E-state index in [0.717, 1.165) is 28.3 Å². The van der Waals surface area contributed by atoms with Gasteiger partial charge in [0.1, 0.15) is 5.82 Å². The molecule has 0 radical (unpaired) electrons. The van der Waals surface area contributed by atoms with Gasteiger partial charge in [0.2, 0.25) is 0 Å². The predicted molar refractivity (Wildman–Crippen MR) is 90.5 cm³/mol. The number of hydrogen-bond donors (Lipinski definition) is 0. The van der Waals surface area contributed by atoms with Crippen molar-refractivity contribution in [2.24, 2.45) is 5.41 Å². The van der Waals surface area contributed by atoms with Crippen molar-refractivity contribution in [3.05, 3.63) is 29.0 Å². The summed E-state index contributed by atoms with van der Waals surface area (Å²) in [4.78, 5) is 4.77. The lowest BCUT2D eigenvalue weighted by atomic mass is 9.75. The van der Waals surface area contributed by atoms with Crippen molar-refractivity contribution in [3.8, 4) is 0 Å². The van der Waals surface area contributed by atoms with E-state index in [9.17, 15) is 0 Å². The Morgan fingerprint density at radius 3 is 2.67 bits per heavy atom. The van der Waals surface area contributed by atoms with Crippen LogP contribution >= 0.6 is 23.2 Å². The van der Waals surface area contributed by atoms with Crippen molar-refractivity contribution >= 4 is 34.2 Å². The number of aryl methyl sites for hydroxylation is 1. The number of alkyl halides is 1. The Kier molecular flexibility index (Phi) is 4.20. The van der Waals surface area contributed by atoms with Crippen LogP contribution in [0.4, 0.5) is 0 Å². The van der Waals surface area contributed by atoms with Crippen LogP contribution in [0, 0.1) is 5.41 Å². The number of halogens is 2. The molecule has 1 aromatic carbocycles. The highest BCUT2D eigenvalue weighted by Gasteiger charge is 2.29. The van der Waals surface area contributed by atoms with Crippen molar-refractivity contribution in [2.45, 2.75) is 52.0 Å². The van der Waals surface area contributed by atoms with Crippen LogP contribution in [0.1, 0.15) is 51.4 Å². The molecule has 0 aliphatic heterocycles. The van der Waals surface area contributed by atoms with E-state index in [1.807, 2.05) is 18.2 Å². The van der Waals surface area contributed by atoms with Gasteiger partial charge in [0.25, 0.3) is 0 Å². The maximum absolute atomic E-state index is 6.19. The second kappa shape index (κ2) is 5.81. The third-order valence-corrected chi connectivity index (χ3v) is 5.14. The molecule has 1 saturated carbocycles. The Morgan fingerprint density at radius 2 is 2.00 bits per heavy atom. The molecule has 0 atom stereocenters. The molecule has 1 heterocycles. The molecule has 2 nitrogen and oxygen atoms in total. The molecule has 1 fully saturated rings. The summed E-state index contributed by atoms with van der Waals surface area (Å²) in [7, 11) is 0. The Hall–Kier alpha value is -0.730. The van der Waals surface area contributed by atoms with E-state index in [-0.39, 0.29) is 0 Å². The van der Waals surface area contributed by atoms with Gasteiger partial charge >= 0.3 is 0 Å². The number of nitrogens with zero attached hydrogens (tertiary/aromatic N) is 2. The minimum absolute atomic E-state index is 0.469. The second-order valence-electron chi connectivity index (χ2n) is 6.87. The van der Waals surface area contributed by atoms with Crippen molar-refractivity contribution < 1.29 is 0 Å². The zero-order valence-corrected chi connectivity index (χ0v) is 14.2. The van der Waals surface area contributed by atoms with Crippen LogP contribution < -0.4 is 0 Å². The zero-order chi connectivity index (χ0) is 15.0. The SMILES string of the molecule is CC1(C)CCC(n2c(CCCl)nc3ccc(Cl)cc32)CC1. The quantitative estimate of drug-likeness (QED) is 0.670. The van der Waals surface area contributed by atoms with Gasteiger partial charge in [0.05, 0.1) is 11.0 Å². The van der Waals surface area contributed by atoms with Gasteiger partial charge in [-0.1, -0.05) is 25.4 Å². The molecule has 3 rings (SSSR count). The fourth-order valence-corrected chi connectivity index (χ4v) is 3.76. The summed E-state index contributed by atoms with van der Waals surface area (Å²) >= 11 is 12.2. The van der Waals surface area contributed by atoms with Crippen molar-refractivity contribution in [1.29, 1.82) is 0 Å². The molecule has 0 spiro atoms. The number of imidazole rings is 1. The van der Waals surface area contributed by atoms with E-state index < -0.39 is 0 Å². The zero-order valence-electron chi connectivity index (χ0n) is 12.7. The first-order chi connectivity index (χ1) is 10.00. The molecular formula is C17H22Cl2N2. The third-order valence-electron chi connectivity index (χ3n) is 4.72. The van der Waals surface area contributed by atoms with Crippen molar-refractivity contribution in [1.82, 2.24) is 9.55 Å². The molecule has 0 saturated heterocycles. The number of benzene rings is 1. The summed E-state index contributed by atoms with van der Waals surface area (Å²) in [6, 6.07) is 6.50. The van der Waals surface area contributed by atoms with Gasteiger partial charge in [0.15, 0.2) is 0 Å². The average Bonchev–Trinajstić information content (AvgIpc) is 2.77. The molecule has 0 unspecified atom stereocenters. The molecule has 1 aliphatic rings. The number of rotatable bonds is 3. The molecule has 4 heteroatoms. The average molecular weight is 325 g/mol. The van der Waals surface area contributed by atoms with Gasteiger partial charge in [-0.05, 0) is 49.3 Å². The lowest BCUT2D eigenvalue weighted by Gasteiger charge is -2.35. The summed E-state index contributed by atoms with van der Waals surface area (Å²) in [6.45, 7) is 4.73. The molecule has 0 N–H and O–H groups in total. The molecule has 21 heavy (non-hydrogen) atoms. The second-order valence-corrected chi connectivity index (χ2v) is 7.68. The minimum atomic E-state index is 0.469. The topological polar surface area (TPSA) is 17.8 Å². The van der Waals surface area contributed by atoms with Crippen molar-refractivity contribution in [3.63, 3.8) is 0 Å². The number of fused-ring (bicyclic) bond motifs is 1. The van der Waals surface area contributed by atoms with E-state index in [1.165, 1.54) is 25.7 Å². The Bertz CT molecular complexity index is 636. The van der Waals surface area contributed by atoms with Gasteiger partial charge in [-0.2, -0.15) is 0 Å². The van der Waals surface area contributed by atoms with Crippen LogP contribution in [0.25, 0.3) is 11.0 Å². The molecular weight excluding hydrogens is 303 g/mol. The van der Waals surface area contributed by atoms with Crippen molar-refractivity contribution in [2.75, 3.05) is 5.88 Å². The van der Waals surface area contributed by atoms with Gasteiger partial charge in [-0.25, -0.2) is 4.98 Å². The Balaban J connectivity index is 2.02. The number of hydrogen-bond acceptors (Lipinski definition) is 1. The third kappa shape index (κ3) is 3.07. The number of aromatic nitrogens is 2. The summed E-state index contributed by atoms with van der Waals surface area (Å²) < 4.78 is 2.40. The van der Waals surface area contributed by atoms with Crippen LogP contribution in [0.5, 0.6) is 0 Å². The summed E-state index contributed by atoms with van der Waals surface area (Å²) in [5.74, 6) is 1.71. The Labute approximate surface area is 136 Å². The van der Waals surface area contributed by atoms with Crippen LogP contribution in [-0.2, 0) is 6.42 Å². The highest BCUT2D eigenvalue weighted by Crippen LogP contribution is 2.41. The monoisotopic (exact) mass is 324 g/mol. The highest BCUT2D eigenvalue weighted by molar-refractivity contribution is 6.31. The molecule has 114 valence electrons. The predicted octanol–water partition coefficient (Wildman–Crippen LogP) is 5.61. The van der Waals surface area contributed by atoms with Crippen LogP contribution in [-0.4, -0.2) is 15.4 Å². The Morgan fingerprint density at radius 1 is 1.29 bits per heavy atom.